The molecule has 0 aliphatic rings. The second kappa shape index (κ2) is 11.4. The summed E-state index contributed by atoms with van der Waals surface area (Å²) < 4.78 is 0. The van der Waals surface area contributed by atoms with Crippen molar-refractivity contribution < 1.29 is 28.9 Å². The van der Waals surface area contributed by atoms with E-state index < -0.39 is 23.8 Å². The lowest BCUT2D eigenvalue weighted by Gasteiger charge is -2.03. The van der Waals surface area contributed by atoms with Gasteiger partial charge in [0.1, 0.15) is 0 Å². The summed E-state index contributed by atoms with van der Waals surface area (Å²) in [5, 5.41) is 0. The van der Waals surface area contributed by atoms with Gasteiger partial charge in [-0.05, 0) is 27.7 Å². The van der Waals surface area contributed by atoms with E-state index in [0.717, 1.165) is 0 Å². The molecule has 8 heteroatoms. The molecule has 132 valence electrons. The Hall–Kier alpha value is -3.16. The van der Waals surface area contributed by atoms with Crippen LogP contribution in [0.15, 0.2) is 48.6 Å². The second-order valence-electron chi connectivity index (χ2n) is 4.76. The third-order valence-corrected chi connectivity index (χ3v) is 1.95. The average Bonchev–Trinajstić information content (AvgIpc) is 2.49. The molecule has 0 bridgehead atoms. The summed E-state index contributed by atoms with van der Waals surface area (Å²) in [6.07, 6.45) is 0. The van der Waals surface area contributed by atoms with Crippen LogP contribution >= 0.6 is 0 Å². The summed E-state index contributed by atoms with van der Waals surface area (Å²) in [6, 6.07) is 0. The molecule has 0 aromatic heterocycles. The maximum atomic E-state index is 10.8. The summed E-state index contributed by atoms with van der Waals surface area (Å²) in [5.74, 6) is -2.37. The largest absolute Gasteiger partial charge is 0.358 e. The molecule has 0 atom stereocenters. The van der Waals surface area contributed by atoms with E-state index in [2.05, 4.69) is 36.0 Å². The Balaban J connectivity index is 0. The van der Waals surface area contributed by atoms with Crippen LogP contribution in [0, 0.1) is 0 Å². The number of hydrogen-bond acceptors (Lipinski definition) is 6. The van der Waals surface area contributed by atoms with Gasteiger partial charge in [0.05, 0.1) is 0 Å². The molecule has 0 radical (unpaired) electrons. The van der Waals surface area contributed by atoms with Gasteiger partial charge in [0.2, 0.25) is 0 Å². The van der Waals surface area contributed by atoms with Gasteiger partial charge in [-0.3, -0.25) is 9.59 Å². The minimum atomic E-state index is -0.662. The average molecular weight is 338 g/mol. The zero-order valence-corrected chi connectivity index (χ0v) is 14.3. The van der Waals surface area contributed by atoms with Crippen LogP contribution in [0.3, 0.4) is 0 Å². The molecule has 2 amide bonds. The van der Waals surface area contributed by atoms with Crippen molar-refractivity contribution in [2.75, 3.05) is 0 Å². The second-order valence-corrected chi connectivity index (χ2v) is 4.76. The van der Waals surface area contributed by atoms with E-state index in [1.54, 1.807) is 0 Å². The number of hydrogen-bond donors (Lipinski definition) is 2. The lowest BCUT2D eigenvalue weighted by Crippen LogP contribution is -2.27. The number of hydroxylamine groups is 2. The van der Waals surface area contributed by atoms with Crippen LogP contribution in [0.25, 0.3) is 0 Å². The first kappa shape index (κ1) is 23.1. The predicted molar refractivity (Wildman–Crippen MR) is 87.7 cm³/mol. The van der Waals surface area contributed by atoms with Crippen molar-refractivity contribution in [2.45, 2.75) is 27.7 Å². The first-order valence-corrected chi connectivity index (χ1v) is 6.55. The van der Waals surface area contributed by atoms with Crippen molar-refractivity contribution in [3.63, 3.8) is 0 Å². The topological polar surface area (TPSA) is 111 Å². The summed E-state index contributed by atoms with van der Waals surface area (Å²) in [6.45, 7) is 19.3. The summed E-state index contributed by atoms with van der Waals surface area (Å²) in [4.78, 5) is 51.6. The van der Waals surface area contributed by atoms with Gasteiger partial charge < -0.3 is 9.68 Å². The van der Waals surface area contributed by atoms with E-state index in [1.807, 2.05) is 11.0 Å². The molecule has 0 spiro atoms. The Morgan fingerprint density at radius 1 is 0.583 bits per heavy atom. The van der Waals surface area contributed by atoms with Crippen molar-refractivity contribution in [1.29, 1.82) is 0 Å². The third kappa shape index (κ3) is 11.5. The van der Waals surface area contributed by atoms with Gasteiger partial charge >= 0.3 is 11.9 Å². The molecule has 0 aromatic carbocycles. The van der Waals surface area contributed by atoms with Gasteiger partial charge in [0.25, 0.3) is 11.8 Å². The lowest BCUT2D eigenvalue weighted by atomic mass is 10.3. The quantitative estimate of drug-likeness (QED) is 0.592. The maximum Gasteiger partial charge on any atom is 0.358 e. The number of carbonyl (C=O) groups is 4. The van der Waals surface area contributed by atoms with Gasteiger partial charge in [-0.25, -0.2) is 9.59 Å². The number of carbonyl (C=O) groups excluding carboxylic acids is 4. The highest BCUT2D eigenvalue weighted by molar-refractivity contribution is 5.94. The van der Waals surface area contributed by atoms with E-state index in [-0.39, 0.29) is 22.3 Å². The van der Waals surface area contributed by atoms with Gasteiger partial charge in [0, 0.05) is 22.3 Å². The standard InChI is InChI=1S/2C8H11NO3/c2*1-5(2)7(10)9-12-8(11)6(3)4/h2*1,3H2,2,4H3,(H,9,10). The summed E-state index contributed by atoms with van der Waals surface area (Å²) in [7, 11) is 0. The number of amides is 2. The zero-order valence-electron chi connectivity index (χ0n) is 14.3. The van der Waals surface area contributed by atoms with Crippen LogP contribution < -0.4 is 11.0 Å². The molecule has 0 saturated heterocycles. The third-order valence-electron chi connectivity index (χ3n) is 1.95. The smallest absolute Gasteiger partial charge is 0.335 e. The van der Waals surface area contributed by atoms with Gasteiger partial charge in [-0.1, -0.05) is 26.3 Å². The molecule has 2 N–H and O–H groups in total. The molecular formula is C16H22N2O6. The maximum absolute atomic E-state index is 10.8. The minimum absolute atomic E-state index is 0.219. The molecule has 0 aliphatic heterocycles. The van der Waals surface area contributed by atoms with Crippen molar-refractivity contribution in [3.05, 3.63) is 48.6 Å². The van der Waals surface area contributed by atoms with Crippen LogP contribution in [0.5, 0.6) is 0 Å². The Kier molecular flexibility index (Phi) is 11.0. The van der Waals surface area contributed by atoms with Crippen LogP contribution in [0.1, 0.15) is 27.7 Å². The molecule has 0 fully saturated rings. The lowest BCUT2D eigenvalue weighted by molar-refractivity contribution is -0.153. The summed E-state index contributed by atoms with van der Waals surface area (Å²) in [5.41, 5.74) is 4.80. The molecule has 0 aliphatic carbocycles. The Labute approximate surface area is 140 Å². The van der Waals surface area contributed by atoms with Crippen LogP contribution in [0.2, 0.25) is 0 Å². The highest BCUT2D eigenvalue weighted by Crippen LogP contribution is 1.92. The fourth-order valence-corrected chi connectivity index (χ4v) is 0.534. The van der Waals surface area contributed by atoms with E-state index in [1.165, 1.54) is 27.7 Å². The fourth-order valence-electron chi connectivity index (χ4n) is 0.534. The number of nitrogens with one attached hydrogen (secondary N) is 2. The molecule has 8 nitrogen and oxygen atoms in total. The fraction of sp³-hybridized carbons (Fsp3) is 0.250. The molecule has 24 heavy (non-hydrogen) atoms. The molecular weight excluding hydrogens is 316 g/mol. The van der Waals surface area contributed by atoms with Gasteiger partial charge in [-0.15, -0.1) is 0 Å². The highest BCUT2D eigenvalue weighted by Gasteiger charge is 2.07. The Morgan fingerprint density at radius 2 is 0.833 bits per heavy atom. The van der Waals surface area contributed by atoms with Gasteiger partial charge in [-0.2, -0.15) is 11.0 Å². The molecule has 0 heterocycles. The van der Waals surface area contributed by atoms with Crippen molar-refractivity contribution in [1.82, 2.24) is 11.0 Å². The number of rotatable bonds is 4. The van der Waals surface area contributed by atoms with E-state index in [4.69, 9.17) is 0 Å². The molecule has 0 rings (SSSR count). The van der Waals surface area contributed by atoms with Crippen molar-refractivity contribution >= 4 is 23.8 Å². The molecule has 0 saturated carbocycles. The van der Waals surface area contributed by atoms with Crippen molar-refractivity contribution in [2.24, 2.45) is 0 Å². The zero-order chi connectivity index (χ0) is 19.4. The van der Waals surface area contributed by atoms with E-state index in [9.17, 15) is 19.2 Å². The first-order valence-electron chi connectivity index (χ1n) is 6.55. The Morgan fingerprint density at radius 3 is 1.00 bits per heavy atom. The van der Waals surface area contributed by atoms with Crippen LogP contribution in [-0.4, -0.2) is 23.8 Å². The molecule has 0 unspecified atom stereocenters. The van der Waals surface area contributed by atoms with Crippen LogP contribution in [0.4, 0.5) is 0 Å². The Bertz CT molecular complexity index is 485. The molecule has 0 aromatic rings. The van der Waals surface area contributed by atoms with Crippen molar-refractivity contribution in [3.8, 4) is 0 Å². The normalized spacial score (nSPS) is 8.50. The van der Waals surface area contributed by atoms with E-state index >= 15 is 0 Å². The SMILES string of the molecule is C=C(C)C(=O)NOC(=O)C(=C)C.C=C(C)C(=O)NOC(=O)C(=C)C. The first-order chi connectivity index (χ1) is 10.9. The highest BCUT2D eigenvalue weighted by atomic mass is 16.7. The monoisotopic (exact) mass is 338 g/mol. The van der Waals surface area contributed by atoms with Crippen LogP contribution in [-0.2, 0) is 28.9 Å². The van der Waals surface area contributed by atoms with E-state index in [0.29, 0.717) is 0 Å². The summed E-state index contributed by atoms with van der Waals surface area (Å²) >= 11 is 0. The van der Waals surface area contributed by atoms with Gasteiger partial charge in [0.15, 0.2) is 0 Å². The predicted octanol–water partition coefficient (Wildman–Crippen LogP) is 1.43. The minimum Gasteiger partial charge on any atom is -0.335 e.